The van der Waals surface area contributed by atoms with Crippen molar-refractivity contribution in [2.24, 2.45) is 0 Å². The molecule has 2 rings (SSSR count). The van der Waals surface area contributed by atoms with Gasteiger partial charge in [0.2, 0.25) is 0 Å². The fourth-order valence-corrected chi connectivity index (χ4v) is 2.19. The van der Waals surface area contributed by atoms with Crippen LogP contribution in [0.3, 0.4) is 0 Å². The van der Waals surface area contributed by atoms with E-state index >= 15 is 0 Å². The van der Waals surface area contributed by atoms with E-state index < -0.39 is 0 Å². The van der Waals surface area contributed by atoms with Crippen LogP contribution in [-0.2, 0) is 4.74 Å². The van der Waals surface area contributed by atoms with Gasteiger partial charge in [0.05, 0.1) is 12.3 Å². The highest BCUT2D eigenvalue weighted by molar-refractivity contribution is 5.62. The van der Waals surface area contributed by atoms with Crippen molar-refractivity contribution in [2.75, 3.05) is 30.9 Å². The monoisotopic (exact) mass is 250 g/mol. The molecule has 0 bridgehead atoms. The first-order valence-corrected chi connectivity index (χ1v) is 6.51. The standard InChI is InChI=1S/C14H22N2O2/c1-3-18-13-10-11(4-5-12(13)15)16-14(2)6-8-17-9-7-14/h4-5,10,16H,3,6-9,15H2,1-2H3. The van der Waals surface area contributed by atoms with Gasteiger partial charge in [0.1, 0.15) is 5.75 Å². The van der Waals surface area contributed by atoms with Crippen LogP contribution in [0.25, 0.3) is 0 Å². The van der Waals surface area contributed by atoms with Crippen molar-refractivity contribution in [3.8, 4) is 5.75 Å². The van der Waals surface area contributed by atoms with Crippen LogP contribution in [0.2, 0.25) is 0 Å². The molecule has 1 aliphatic rings. The van der Waals surface area contributed by atoms with Gasteiger partial charge in [-0.25, -0.2) is 0 Å². The first kappa shape index (κ1) is 13.0. The molecular formula is C14H22N2O2. The van der Waals surface area contributed by atoms with E-state index in [-0.39, 0.29) is 5.54 Å². The van der Waals surface area contributed by atoms with Crippen LogP contribution >= 0.6 is 0 Å². The summed E-state index contributed by atoms with van der Waals surface area (Å²) in [5.74, 6) is 0.748. The van der Waals surface area contributed by atoms with Crippen molar-refractivity contribution in [3.63, 3.8) is 0 Å². The van der Waals surface area contributed by atoms with Crippen molar-refractivity contribution < 1.29 is 9.47 Å². The van der Waals surface area contributed by atoms with Gasteiger partial charge >= 0.3 is 0 Å². The molecule has 0 amide bonds. The van der Waals surface area contributed by atoms with Crippen LogP contribution in [0, 0.1) is 0 Å². The minimum Gasteiger partial charge on any atom is -0.492 e. The number of hydrogen-bond donors (Lipinski definition) is 2. The lowest BCUT2D eigenvalue weighted by molar-refractivity contribution is 0.0658. The average Bonchev–Trinajstić information content (AvgIpc) is 2.34. The molecule has 1 saturated heterocycles. The smallest absolute Gasteiger partial charge is 0.144 e. The topological polar surface area (TPSA) is 56.5 Å². The minimum atomic E-state index is 0.0951. The Bertz CT molecular complexity index is 401. The second-order valence-electron chi connectivity index (χ2n) is 4.98. The third-order valence-electron chi connectivity index (χ3n) is 3.36. The van der Waals surface area contributed by atoms with Gasteiger partial charge in [-0.05, 0) is 38.8 Å². The summed E-state index contributed by atoms with van der Waals surface area (Å²) in [5.41, 5.74) is 7.70. The molecule has 100 valence electrons. The van der Waals surface area contributed by atoms with E-state index in [0.29, 0.717) is 12.3 Å². The molecule has 1 heterocycles. The van der Waals surface area contributed by atoms with Gasteiger partial charge < -0.3 is 20.5 Å². The predicted molar refractivity (Wildman–Crippen MR) is 74.1 cm³/mol. The van der Waals surface area contributed by atoms with Crippen molar-refractivity contribution in [2.45, 2.75) is 32.2 Å². The minimum absolute atomic E-state index is 0.0951. The number of nitrogens with two attached hydrogens (primary N) is 1. The number of ether oxygens (including phenoxy) is 2. The average molecular weight is 250 g/mol. The van der Waals surface area contributed by atoms with Gasteiger partial charge in [-0.3, -0.25) is 0 Å². The molecule has 0 radical (unpaired) electrons. The molecule has 0 spiro atoms. The number of anilines is 2. The molecule has 4 nitrogen and oxygen atoms in total. The largest absolute Gasteiger partial charge is 0.492 e. The quantitative estimate of drug-likeness (QED) is 0.807. The third kappa shape index (κ3) is 3.07. The first-order chi connectivity index (χ1) is 8.63. The summed E-state index contributed by atoms with van der Waals surface area (Å²) < 4.78 is 10.9. The van der Waals surface area contributed by atoms with Crippen LogP contribution in [0.15, 0.2) is 18.2 Å². The summed E-state index contributed by atoms with van der Waals surface area (Å²) in [5, 5.41) is 3.57. The maximum atomic E-state index is 5.87. The number of hydrogen-bond acceptors (Lipinski definition) is 4. The predicted octanol–water partition coefficient (Wildman–Crippen LogP) is 2.65. The molecule has 0 saturated carbocycles. The zero-order valence-electron chi connectivity index (χ0n) is 11.2. The van der Waals surface area contributed by atoms with Crippen LogP contribution in [-0.4, -0.2) is 25.4 Å². The van der Waals surface area contributed by atoms with E-state index in [9.17, 15) is 0 Å². The Balaban J connectivity index is 2.10. The fourth-order valence-electron chi connectivity index (χ4n) is 2.19. The molecule has 1 aromatic carbocycles. The van der Waals surface area contributed by atoms with E-state index in [1.807, 2.05) is 25.1 Å². The molecule has 4 heteroatoms. The van der Waals surface area contributed by atoms with Crippen LogP contribution < -0.4 is 15.8 Å². The Hall–Kier alpha value is -1.42. The van der Waals surface area contributed by atoms with Gasteiger partial charge in [-0.2, -0.15) is 0 Å². The van der Waals surface area contributed by atoms with Gasteiger partial charge in [0.25, 0.3) is 0 Å². The third-order valence-corrected chi connectivity index (χ3v) is 3.36. The molecule has 1 fully saturated rings. The molecular weight excluding hydrogens is 228 g/mol. The van der Waals surface area contributed by atoms with Crippen molar-refractivity contribution in [1.29, 1.82) is 0 Å². The number of rotatable bonds is 4. The molecule has 0 aromatic heterocycles. The molecule has 0 atom stereocenters. The summed E-state index contributed by atoms with van der Waals surface area (Å²) in [7, 11) is 0. The Morgan fingerprint density at radius 2 is 2.11 bits per heavy atom. The van der Waals surface area contributed by atoms with E-state index in [0.717, 1.165) is 37.5 Å². The lowest BCUT2D eigenvalue weighted by atomic mass is 9.92. The molecule has 18 heavy (non-hydrogen) atoms. The Morgan fingerprint density at radius 3 is 2.78 bits per heavy atom. The molecule has 1 aliphatic heterocycles. The summed E-state index contributed by atoms with van der Waals surface area (Å²) in [6, 6.07) is 5.86. The second-order valence-corrected chi connectivity index (χ2v) is 4.98. The first-order valence-electron chi connectivity index (χ1n) is 6.51. The van der Waals surface area contributed by atoms with E-state index in [1.54, 1.807) is 0 Å². The van der Waals surface area contributed by atoms with Crippen LogP contribution in [0.4, 0.5) is 11.4 Å². The van der Waals surface area contributed by atoms with E-state index in [2.05, 4.69) is 12.2 Å². The summed E-state index contributed by atoms with van der Waals surface area (Å²) in [6.45, 7) is 6.44. The Kier molecular flexibility index (Phi) is 3.97. The van der Waals surface area contributed by atoms with E-state index in [1.165, 1.54) is 0 Å². The van der Waals surface area contributed by atoms with E-state index in [4.69, 9.17) is 15.2 Å². The SMILES string of the molecule is CCOc1cc(NC2(C)CCOCC2)ccc1N. The highest BCUT2D eigenvalue weighted by Crippen LogP contribution is 2.30. The second kappa shape index (κ2) is 5.48. The number of benzene rings is 1. The number of nitrogen functional groups attached to an aromatic ring is 1. The highest BCUT2D eigenvalue weighted by Gasteiger charge is 2.27. The summed E-state index contributed by atoms with van der Waals surface area (Å²) in [6.07, 6.45) is 2.03. The lowest BCUT2D eigenvalue weighted by Gasteiger charge is -2.35. The van der Waals surface area contributed by atoms with Gasteiger partial charge in [-0.1, -0.05) is 0 Å². The molecule has 3 N–H and O–H groups in total. The van der Waals surface area contributed by atoms with Gasteiger partial charge in [0.15, 0.2) is 0 Å². The number of nitrogens with one attached hydrogen (secondary N) is 1. The highest BCUT2D eigenvalue weighted by atomic mass is 16.5. The van der Waals surface area contributed by atoms with Crippen molar-refractivity contribution in [1.82, 2.24) is 0 Å². The van der Waals surface area contributed by atoms with Crippen molar-refractivity contribution in [3.05, 3.63) is 18.2 Å². The zero-order chi connectivity index (χ0) is 13.0. The lowest BCUT2D eigenvalue weighted by Crippen LogP contribution is -2.40. The maximum Gasteiger partial charge on any atom is 0.144 e. The molecule has 0 unspecified atom stereocenters. The van der Waals surface area contributed by atoms with Crippen LogP contribution in [0.5, 0.6) is 5.75 Å². The Labute approximate surface area is 108 Å². The maximum absolute atomic E-state index is 5.87. The zero-order valence-corrected chi connectivity index (χ0v) is 11.2. The normalized spacial score (nSPS) is 18.3. The summed E-state index contributed by atoms with van der Waals surface area (Å²) >= 11 is 0. The fraction of sp³-hybridized carbons (Fsp3) is 0.571. The van der Waals surface area contributed by atoms with Crippen LogP contribution in [0.1, 0.15) is 26.7 Å². The molecule has 0 aliphatic carbocycles. The van der Waals surface area contributed by atoms with Gasteiger partial charge in [-0.15, -0.1) is 0 Å². The van der Waals surface area contributed by atoms with Crippen molar-refractivity contribution >= 4 is 11.4 Å². The Morgan fingerprint density at radius 1 is 1.39 bits per heavy atom. The molecule has 1 aromatic rings. The summed E-state index contributed by atoms with van der Waals surface area (Å²) in [4.78, 5) is 0. The van der Waals surface area contributed by atoms with Gasteiger partial charge in [0, 0.05) is 30.5 Å².